The fourth-order valence-corrected chi connectivity index (χ4v) is 2.08. The summed E-state index contributed by atoms with van der Waals surface area (Å²) < 4.78 is 29.4. The Balaban J connectivity index is 2.69. The van der Waals surface area contributed by atoms with Crippen molar-refractivity contribution in [1.29, 1.82) is 0 Å². The van der Waals surface area contributed by atoms with Crippen molar-refractivity contribution in [2.45, 2.75) is 25.4 Å². The number of aliphatic carboxylic acids is 1. The van der Waals surface area contributed by atoms with E-state index in [1.807, 2.05) is 0 Å². The molecule has 118 valence electrons. The number of halogens is 2. The predicted molar refractivity (Wildman–Crippen MR) is 74.4 cm³/mol. The number of alkyl halides is 2. The molecule has 21 heavy (non-hydrogen) atoms. The zero-order valence-corrected chi connectivity index (χ0v) is 12.5. The summed E-state index contributed by atoms with van der Waals surface area (Å²) >= 11 is 0.408. The summed E-state index contributed by atoms with van der Waals surface area (Å²) in [6.45, 7) is 3.62. The Kier molecular flexibility index (Phi) is 6.67. The third-order valence-electron chi connectivity index (χ3n) is 2.81. The van der Waals surface area contributed by atoms with E-state index in [4.69, 9.17) is 9.52 Å². The fraction of sp³-hybridized carbons (Fsp3) is 0.538. The van der Waals surface area contributed by atoms with Crippen molar-refractivity contribution >= 4 is 23.6 Å². The van der Waals surface area contributed by atoms with E-state index in [1.54, 1.807) is 6.92 Å². The highest BCUT2D eigenvalue weighted by Gasteiger charge is 2.22. The van der Waals surface area contributed by atoms with Crippen LogP contribution in [0.4, 0.5) is 8.78 Å². The summed E-state index contributed by atoms with van der Waals surface area (Å²) in [4.78, 5) is 24.3. The smallest absolute Gasteiger partial charge is 0.308 e. The molecule has 1 unspecified atom stereocenters. The molecule has 1 heterocycles. The fourth-order valence-electron chi connectivity index (χ4n) is 1.64. The van der Waals surface area contributed by atoms with Gasteiger partial charge in [-0.2, -0.15) is 8.78 Å². The Labute approximate surface area is 125 Å². The van der Waals surface area contributed by atoms with Gasteiger partial charge in [-0.25, -0.2) is 0 Å². The van der Waals surface area contributed by atoms with Crippen LogP contribution in [0.5, 0.6) is 0 Å². The standard InChI is InChI=1S/C13H17F2NO4S/c1-3-16(6-8(2)12(18)19)11(17)10-5-4-9(20-10)7-21-13(14)15/h4-5,8,13H,3,6-7H2,1-2H3,(H,18,19). The molecule has 0 aliphatic carbocycles. The van der Waals surface area contributed by atoms with Gasteiger partial charge in [0.1, 0.15) is 5.76 Å². The van der Waals surface area contributed by atoms with Crippen molar-refractivity contribution in [2.24, 2.45) is 5.92 Å². The Hall–Kier alpha value is -1.57. The number of carbonyl (C=O) groups is 2. The highest BCUT2D eigenvalue weighted by molar-refractivity contribution is 7.98. The lowest BCUT2D eigenvalue weighted by molar-refractivity contribution is -0.141. The van der Waals surface area contributed by atoms with E-state index in [9.17, 15) is 18.4 Å². The molecular formula is C13H17F2NO4S. The molecule has 0 bridgehead atoms. The van der Waals surface area contributed by atoms with Crippen LogP contribution in [0.3, 0.4) is 0 Å². The molecule has 1 aromatic heterocycles. The minimum Gasteiger partial charge on any atom is -0.481 e. The summed E-state index contributed by atoms with van der Waals surface area (Å²) in [6.07, 6.45) is 0. The van der Waals surface area contributed by atoms with Crippen molar-refractivity contribution < 1.29 is 27.9 Å². The largest absolute Gasteiger partial charge is 0.481 e. The molecule has 0 aromatic carbocycles. The van der Waals surface area contributed by atoms with Crippen LogP contribution in [-0.2, 0) is 10.5 Å². The third kappa shape index (κ3) is 5.37. The van der Waals surface area contributed by atoms with Gasteiger partial charge >= 0.3 is 5.97 Å². The van der Waals surface area contributed by atoms with Gasteiger partial charge in [0.05, 0.1) is 11.7 Å². The summed E-state index contributed by atoms with van der Waals surface area (Å²) in [5, 5.41) is 8.87. The van der Waals surface area contributed by atoms with Crippen molar-refractivity contribution in [1.82, 2.24) is 4.90 Å². The van der Waals surface area contributed by atoms with Gasteiger partial charge in [0.15, 0.2) is 5.76 Å². The Morgan fingerprint density at radius 3 is 2.62 bits per heavy atom. The molecule has 1 aromatic rings. The van der Waals surface area contributed by atoms with Crippen LogP contribution in [0.2, 0.25) is 0 Å². The molecule has 0 spiro atoms. The second-order valence-electron chi connectivity index (χ2n) is 4.42. The van der Waals surface area contributed by atoms with Gasteiger partial charge in [0.25, 0.3) is 11.7 Å². The van der Waals surface area contributed by atoms with E-state index in [0.717, 1.165) is 0 Å². The van der Waals surface area contributed by atoms with Crippen LogP contribution in [0.15, 0.2) is 16.5 Å². The van der Waals surface area contributed by atoms with E-state index in [0.29, 0.717) is 18.3 Å². The maximum Gasteiger partial charge on any atom is 0.308 e. The number of rotatable bonds is 8. The average molecular weight is 321 g/mol. The lowest BCUT2D eigenvalue weighted by atomic mass is 10.1. The van der Waals surface area contributed by atoms with Gasteiger partial charge in [0.2, 0.25) is 0 Å². The zero-order chi connectivity index (χ0) is 16.0. The molecule has 0 saturated heterocycles. The summed E-state index contributed by atoms with van der Waals surface area (Å²) in [7, 11) is 0. The Morgan fingerprint density at radius 2 is 2.10 bits per heavy atom. The summed E-state index contributed by atoms with van der Waals surface area (Å²) in [6, 6.07) is 2.88. The second kappa shape index (κ2) is 8.02. The molecule has 0 aliphatic heterocycles. The maximum atomic E-state index is 12.2. The first-order valence-corrected chi connectivity index (χ1v) is 7.40. The molecule has 1 rings (SSSR count). The lowest BCUT2D eigenvalue weighted by Gasteiger charge is -2.21. The zero-order valence-electron chi connectivity index (χ0n) is 11.7. The molecule has 1 N–H and O–H groups in total. The molecule has 0 fully saturated rings. The molecular weight excluding hydrogens is 304 g/mol. The van der Waals surface area contributed by atoms with Crippen molar-refractivity contribution in [3.63, 3.8) is 0 Å². The van der Waals surface area contributed by atoms with E-state index >= 15 is 0 Å². The van der Waals surface area contributed by atoms with E-state index in [2.05, 4.69) is 0 Å². The molecule has 8 heteroatoms. The number of carbonyl (C=O) groups excluding carboxylic acids is 1. The highest BCUT2D eigenvalue weighted by Crippen LogP contribution is 2.21. The predicted octanol–water partition coefficient (Wildman–Crippen LogP) is 2.92. The number of amides is 1. The molecule has 1 atom stereocenters. The third-order valence-corrected chi connectivity index (χ3v) is 3.51. The summed E-state index contributed by atoms with van der Waals surface area (Å²) in [5.41, 5.74) is 0. The highest BCUT2D eigenvalue weighted by atomic mass is 32.2. The van der Waals surface area contributed by atoms with E-state index in [1.165, 1.54) is 24.0 Å². The Morgan fingerprint density at radius 1 is 1.43 bits per heavy atom. The molecule has 1 amide bonds. The first kappa shape index (κ1) is 17.5. The number of thioether (sulfide) groups is 1. The number of hydrogen-bond acceptors (Lipinski definition) is 4. The van der Waals surface area contributed by atoms with Crippen LogP contribution in [-0.4, -0.2) is 40.7 Å². The molecule has 0 saturated carbocycles. The average Bonchev–Trinajstić information content (AvgIpc) is 2.90. The minimum atomic E-state index is -2.50. The van der Waals surface area contributed by atoms with Gasteiger partial charge < -0.3 is 14.4 Å². The monoisotopic (exact) mass is 321 g/mol. The van der Waals surface area contributed by atoms with Crippen LogP contribution in [0.1, 0.15) is 30.2 Å². The van der Waals surface area contributed by atoms with E-state index < -0.39 is 23.6 Å². The minimum absolute atomic E-state index is 0.0252. The number of hydrogen-bond donors (Lipinski definition) is 1. The molecule has 5 nitrogen and oxygen atoms in total. The first-order chi connectivity index (χ1) is 9.85. The topological polar surface area (TPSA) is 70.8 Å². The van der Waals surface area contributed by atoms with Crippen molar-refractivity contribution in [2.75, 3.05) is 13.1 Å². The number of furan rings is 1. The van der Waals surface area contributed by atoms with Gasteiger partial charge in [-0.15, -0.1) is 0 Å². The normalized spacial score (nSPS) is 12.4. The van der Waals surface area contributed by atoms with Gasteiger partial charge in [-0.1, -0.05) is 18.7 Å². The Bertz CT molecular complexity index is 492. The van der Waals surface area contributed by atoms with E-state index in [-0.39, 0.29) is 23.8 Å². The van der Waals surface area contributed by atoms with Gasteiger partial charge in [-0.3, -0.25) is 9.59 Å². The van der Waals surface area contributed by atoms with Crippen LogP contribution < -0.4 is 0 Å². The van der Waals surface area contributed by atoms with Gasteiger partial charge in [0, 0.05) is 13.1 Å². The maximum absolute atomic E-state index is 12.2. The van der Waals surface area contributed by atoms with Crippen LogP contribution >= 0.6 is 11.8 Å². The van der Waals surface area contributed by atoms with Crippen molar-refractivity contribution in [3.8, 4) is 0 Å². The molecule has 0 aliphatic rings. The number of nitrogens with zero attached hydrogens (tertiary/aromatic N) is 1. The van der Waals surface area contributed by atoms with Crippen LogP contribution in [0, 0.1) is 5.92 Å². The molecule has 0 radical (unpaired) electrons. The lowest BCUT2D eigenvalue weighted by Crippen LogP contribution is -2.36. The quantitative estimate of drug-likeness (QED) is 0.797. The SMILES string of the molecule is CCN(CC(C)C(=O)O)C(=O)c1ccc(CSC(F)F)o1. The van der Waals surface area contributed by atoms with Crippen LogP contribution in [0.25, 0.3) is 0 Å². The second-order valence-corrected chi connectivity index (χ2v) is 5.40. The number of carboxylic acid groups (broad SMARTS) is 1. The van der Waals surface area contributed by atoms with Crippen molar-refractivity contribution in [3.05, 3.63) is 23.7 Å². The first-order valence-electron chi connectivity index (χ1n) is 6.35. The number of carboxylic acids is 1. The summed E-state index contributed by atoms with van der Waals surface area (Å²) in [5.74, 6) is -4.35. The van der Waals surface area contributed by atoms with Gasteiger partial charge in [-0.05, 0) is 19.1 Å².